The Morgan fingerprint density at radius 2 is 1.24 bits per heavy atom. The smallest absolute Gasteiger partial charge is 0.305 e. The third-order valence-electron chi connectivity index (χ3n) is 22.7. The van der Waals surface area contributed by atoms with E-state index in [0.29, 0.717) is 104 Å². The van der Waals surface area contributed by atoms with Crippen LogP contribution in [-0.4, -0.2) is 276 Å². The van der Waals surface area contributed by atoms with Gasteiger partial charge in [0.2, 0.25) is 41.1 Å². The topological polar surface area (TPSA) is 646 Å². The summed E-state index contributed by atoms with van der Waals surface area (Å²) in [7, 11) is -4.63. The minimum absolute atomic E-state index is 0.0415. The van der Waals surface area contributed by atoms with Crippen LogP contribution in [0.5, 0.6) is 5.75 Å². The Balaban J connectivity index is 1.06. The molecule has 1 saturated heterocycles. The first-order valence-electron chi connectivity index (χ1n) is 42.5. The molecule has 8 rings (SSSR count). The van der Waals surface area contributed by atoms with Crippen LogP contribution in [0.25, 0.3) is 0 Å². The van der Waals surface area contributed by atoms with Crippen molar-refractivity contribution in [2.75, 3.05) is 69.7 Å². The van der Waals surface area contributed by atoms with E-state index in [4.69, 9.17) is 15.9 Å². The maximum absolute atomic E-state index is 14.4. The van der Waals surface area contributed by atoms with Crippen molar-refractivity contribution in [3.8, 4) is 5.75 Å². The third-order valence-corrected chi connectivity index (χ3v) is 24.2. The molecule has 0 aromatic heterocycles. The van der Waals surface area contributed by atoms with E-state index in [1.807, 2.05) is 52.0 Å². The van der Waals surface area contributed by atoms with Gasteiger partial charge in [-0.1, -0.05) is 56.7 Å². The van der Waals surface area contributed by atoms with Crippen molar-refractivity contribution < 1.29 is 136 Å². The summed E-state index contributed by atoms with van der Waals surface area (Å²) >= 11 is 0.840. The number of rotatable bonds is 46. The molecule has 24 N–H and O–H groups in total. The van der Waals surface area contributed by atoms with Crippen LogP contribution in [0.4, 0.5) is 11.4 Å². The van der Waals surface area contributed by atoms with Gasteiger partial charge in [0.25, 0.3) is 21.9 Å². The first-order chi connectivity index (χ1) is 61.3. The van der Waals surface area contributed by atoms with E-state index in [2.05, 4.69) is 66.7 Å². The second-order valence-electron chi connectivity index (χ2n) is 32.9. The van der Waals surface area contributed by atoms with Gasteiger partial charge in [0, 0.05) is 115 Å². The second-order valence-corrected chi connectivity index (χ2v) is 35.1. The lowest BCUT2D eigenvalue weighted by atomic mass is 9.80. The van der Waals surface area contributed by atoms with E-state index in [1.54, 1.807) is 66.7 Å². The van der Waals surface area contributed by atoms with Gasteiger partial charge in [-0.25, -0.2) is 0 Å². The van der Waals surface area contributed by atoms with E-state index in [9.17, 15) is 118 Å². The molecule has 8 amide bonds. The predicted octanol–water partition coefficient (Wildman–Crippen LogP) is -1.13. The fraction of sp³-hybridized carbons (Fsp3) is 0.506. The maximum Gasteiger partial charge on any atom is 0.305 e. The highest BCUT2D eigenvalue weighted by Gasteiger charge is 2.46. The Bertz CT molecular complexity index is 4860. The SMILES string of the molecule is CC1(C)C(/C=C/C2=C(Oc3ccc(S(=O)(=O)O)cc3)C(=C/C=C3/N(CCCCCC(=O)NCCCCC4NC(=O)[C@@H](Cc5ccccc5)NC(=O)[C@H](CC(=O)O)NC(=O)CNC(=O)[C@H](CCCNC(=N)N)NC4=O)c4ccc(C(=O)NCC(O)C(O)C(O)C(O)CO)cc4C3(C)C)/CCC2)=[N+](CCCCSOO[O-])c2ccc(C(=O)NCC(O)C(O)C(O)C(O)CO)cc21. The summed E-state index contributed by atoms with van der Waals surface area (Å²) in [5.74, 6) is -6.86. The molecule has 3 aliphatic heterocycles. The molecule has 4 aliphatic rings. The molecular formula is C87H119N13O27S2. The molecule has 0 bridgehead atoms. The number of aliphatic hydroxyl groups excluding tert-OH is 10. The molecule has 706 valence electrons. The zero-order valence-electron chi connectivity index (χ0n) is 72.1. The molecule has 4 aromatic rings. The highest BCUT2D eigenvalue weighted by atomic mass is 32.2. The van der Waals surface area contributed by atoms with Gasteiger partial charge in [0.05, 0.1) is 48.7 Å². The van der Waals surface area contributed by atoms with Crippen LogP contribution >= 0.6 is 12.0 Å². The van der Waals surface area contributed by atoms with E-state index >= 15 is 0 Å². The van der Waals surface area contributed by atoms with Crippen LogP contribution in [0.15, 0.2) is 143 Å². The quantitative estimate of drug-likeness (QED) is 0.00364. The lowest BCUT2D eigenvalue weighted by Crippen LogP contribution is -2.58. The predicted molar refractivity (Wildman–Crippen MR) is 468 cm³/mol. The summed E-state index contributed by atoms with van der Waals surface area (Å²) in [5, 5.41) is 156. The summed E-state index contributed by atoms with van der Waals surface area (Å²) in [6.45, 7) is 5.23. The van der Waals surface area contributed by atoms with Crippen molar-refractivity contribution in [2.45, 2.75) is 219 Å². The number of carbonyl (C=O) groups excluding carboxylic acids is 8. The fourth-order valence-corrected chi connectivity index (χ4v) is 16.4. The summed E-state index contributed by atoms with van der Waals surface area (Å²) in [4.78, 5) is 124. The number of ether oxygens (including phenoxy) is 1. The molecular weight excluding hydrogens is 1720 g/mol. The van der Waals surface area contributed by atoms with E-state index in [0.717, 1.165) is 34.7 Å². The number of unbranched alkanes of at least 4 members (excludes halogenated alkanes) is 4. The van der Waals surface area contributed by atoms with E-state index in [1.165, 1.54) is 24.3 Å². The highest BCUT2D eigenvalue weighted by Crippen LogP contribution is 2.49. The number of carbonyl (C=O) groups is 9. The molecule has 0 spiro atoms. The molecule has 4 aromatic carbocycles. The third kappa shape index (κ3) is 29.7. The minimum Gasteiger partial charge on any atom is -0.691 e. The Labute approximate surface area is 750 Å². The number of allylic oxidation sites excluding steroid dienone is 7. The monoisotopic (exact) mass is 1840 g/mol. The number of fused-ring (bicyclic) bond motifs is 2. The van der Waals surface area contributed by atoms with Gasteiger partial charge in [0.1, 0.15) is 78.8 Å². The van der Waals surface area contributed by atoms with Crippen LogP contribution < -0.4 is 68.5 Å². The number of aliphatic hydroxyl groups is 10. The van der Waals surface area contributed by atoms with Gasteiger partial charge in [-0.2, -0.15) is 17.3 Å². The standard InChI is InChI=1S/C87H119N13O27S2/c1-86(2)57-42-53(79(115)92-45-65(103)74(111)76(113)67(105)48-101)24-32-63(57)99(38-12-6-9-23-71(107)90-36-11-10-21-60-82(118)96-59(22-16-37-91-85(88)89)81(117)94-47-72(108)95-62(44-73(109)110)84(120)98-61(83(119)97-60)41-50-17-7-5-8-18-50)69(86)34-26-51-19-15-20-52(78(51)125-55-28-30-56(31-29-55)129(122,123)124)27-35-70-87(3,4)58-43-54(25-33-64(58)100(70)39-13-14-40-128-127-126-121)80(116)93-46-66(104)75(112)77(114)68(106)49-102/h5,7-8,17-18,24-35,42-43,59-62,65-68,74-77,101-106,111-114H,6,9-16,19-23,36-41,44-49H2,1-4H3,(H14-,88,89,90,91,92,93,94,95,96,97,98,107,108,109,110,115,116,117,118,119,120,121,122,123,124)/t59-,60?,61+,62-,65?,66?,67?,68?,74?,75?,76?,77?/m0/s1. The van der Waals surface area contributed by atoms with Gasteiger partial charge in [-0.05, 0) is 173 Å². The molecule has 12 atom stereocenters. The number of carboxylic acids is 1. The van der Waals surface area contributed by atoms with Crippen LogP contribution in [0.3, 0.4) is 0 Å². The van der Waals surface area contributed by atoms with Gasteiger partial charge in [-0.3, -0.25) is 58.2 Å². The number of carboxylic acid groups (broad SMARTS) is 1. The lowest BCUT2D eigenvalue weighted by Gasteiger charge is -2.27. The van der Waals surface area contributed by atoms with E-state index < -0.39 is 181 Å². The summed E-state index contributed by atoms with van der Waals surface area (Å²) < 4.78 is 48.1. The Hall–Kier alpha value is -10.6. The van der Waals surface area contributed by atoms with Crippen molar-refractivity contribution in [1.29, 1.82) is 5.41 Å². The number of nitrogens with zero attached hydrogens (tertiary/aromatic N) is 2. The molecule has 129 heavy (non-hydrogen) atoms. The summed E-state index contributed by atoms with van der Waals surface area (Å²) in [6, 6.07) is 18.0. The largest absolute Gasteiger partial charge is 0.691 e. The van der Waals surface area contributed by atoms with E-state index in [-0.39, 0.29) is 91.7 Å². The maximum atomic E-state index is 14.4. The second kappa shape index (κ2) is 49.4. The number of hydrogen-bond acceptors (Lipinski definition) is 28. The lowest BCUT2D eigenvalue weighted by molar-refractivity contribution is -0.777. The molecule has 42 heteroatoms. The number of anilines is 1. The van der Waals surface area contributed by atoms with Crippen molar-refractivity contribution in [2.24, 2.45) is 5.73 Å². The Morgan fingerprint density at radius 1 is 0.651 bits per heavy atom. The summed E-state index contributed by atoms with van der Waals surface area (Å²) in [6.07, 6.45) is -3.36. The minimum atomic E-state index is -4.63. The van der Waals surface area contributed by atoms with Crippen LogP contribution in [0.1, 0.15) is 161 Å². The number of nitrogens with two attached hydrogens (primary N) is 1. The molecule has 9 unspecified atom stereocenters. The van der Waals surface area contributed by atoms with Crippen molar-refractivity contribution >= 4 is 98.4 Å². The Kier molecular flexibility index (Phi) is 39.7. The van der Waals surface area contributed by atoms with Gasteiger partial charge in [0.15, 0.2) is 11.7 Å². The summed E-state index contributed by atoms with van der Waals surface area (Å²) in [5.41, 5.74) is 10.4. The molecule has 0 saturated carbocycles. The molecule has 40 nitrogen and oxygen atoms in total. The number of hydrogen-bond donors (Lipinski definition) is 23. The first kappa shape index (κ1) is 104. The number of amides is 8. The first-order valence-corrected chi connectivity index (χ1v) is 44.8. The average molecular weight is 1840 g/mol. The normalized spacial score (nSPS) is 20.4. The number of guanidine groups is 1. The van der Waals surface area contributed by atoms with Gasteiger partial charge in [-0.15, -0.1) is 0 Å². The molecule has 3 heterocycles. The zero-order chi connectivity index (χ0) is 94.5. The van der Waals surface area contributed by atoms with Crippen molar-refractivity contribution in [1.82, 2.24) is 47.9 Å². The van der Waals surface area contributed by atoms with Crippen molar-refractivity contribution in [3.05, 3.63) is 166 Å². The zero-order valence-corrected chi connectivity index (χ0v) is 73.7. The van der Waals surface area contributed by atoms with Crippen molar-refractivity contribution in [3.63, 3.8) is 0 Å². The average Bonchev–Trinajstić information content (AvgIpc) is 1.59. The van der Waals surface area contributed by atoms with Gasteiger partial charge >= 0.3 is 5.97 Å². The number of aliphatic carboxylic acids is 1. The van der Waals surface area contributed by atoms with Crippen LogP contribution in [0, 0.1) is 5.41 Å². The molecule has 1 aliphatic carbocycles. The van der Waals surface area contributed by atoms with Crippen LogP contribution in [0.2, 0.25) is 0 Å². The van der Waals surface area contributed by atoms with Crippen LogP contribution in [-0.2, 0) is 70.3 Å². The number of nitrogens with one attached hydrogen (secondary N) is 10. The fourth-order valence-electron chi connectivity index (χ4n) is 15.5. The Morgan fingerprint density at radius 3 is 1.86 bits per heavy atom. The number of benzene rings is 4. The molecule has 0 radical (unpaired) electrons. The highest BCUT2D eigenvalue weighted by molar-refractivity contribution is 7.94. The molecule has 1 fully saturated rings. The van der Waals surface area contributed by atoms with Gasteiger partial charge < -0.3 is 125 Å².